The second-order valence-electron chi connectivity index (χ2n) is 4.45. The maximum Gasteiger partial charge on any atom is 0.119 e. The highest BCUT2D eigenvalue weighted by Crippen LogP contribution is 2.15. The normalized spacial score (nSPS) is 10.2. The van der Waals surface area contributed by atoms with E-state index in [0.29, 0.717) is 6.61 Å². The van der Waals surface area contributed by atoms with Crippen molar-refractivity contribution in [1.29, 1.82) is 0 Å². The van der Waals surface area contributed by atoms with E-state index in [4.69, 9.17) is 9.47 Å². The van der Waals surface area contributed by atoms with Crippen molar-refractivity contribution in [3.63, 3.8) is 0 Å². The van der Waals surface area contributed by atoms with Gasteiger partial charge in [0.15, 0.2) is 0 Å². The van der Waals surface area contributed by atoms with Crippen molar-refractivity contribution in [3.05, 3.63) is 60.2 Å². The van der Waals surface area contributed by atoms with Gasteiger partial charge in [-0.15, -0.1) is 0 Å². The summed E-state index contributed by atoms with van der Waals surface area (Å²) >= 11 is 0. The molecule has 0 atom stereocenters. The van der Waals surface area contributed by atoms with E-state index in [9.17, 15) is 0 Å². The summed E-state index contributed by atoms with van der Waals surface area (Å²) in [5, 5.41) is 0. The number of ether oxygens (including phenoxy) is 2. The second kappa shape index (κ2) is 7.47. The zero-order valence-electron chi connectivity index (χ0n) is 11.3. The summed E-state index contributed by atoms with van der Waals surface area (Å²) in [7, 11) is 0. The Bertz CT molecular complexity index is 462. The molecule has 2 rings (SSSR count). The first-order chi connectivity index (χ1) is 9.38. The number of unbranched alkanes of at least 4 members (excludes halogenated alkanes) is 1. The predicted molar refractivity (Wildman–Crippen MR) is 77.6 cm³/mol. The van der Waals surface area contributed by atoms with Gasteiger partial charge in [0, 0.05) is 0 Å². The molecule has 0 aliphatic heterocycles. The molecule has 0 N–H and O–H groups in total. The molecular weight excluding hydrogens is 236 g/mol. The molecule has 0 radical (unpaired) electrons. The summed E-state index contributed by atoms with van der Waals surface area (Å²) in [6, 6.07) is 17.9. The fourth-order valence-corrected chi connectivity index (χ4v) is 1.70. The van der Waals surface area contributed by atoms with E-state index in [1.807, 2.05) is 54.6 Å². The SMILES string of the molecule is CCCCOc1ccc(COc2ccccc2)cc1. The second-order valence-corrected chi connectivity index (χ2v) is 4.45. The van der Waals surface area contributed by atoms with Crippen molar-refractivity contribution in [3.8, 4) is 11.5 Å². The van der Waals surface area contributed by atoms with Gasteiger partial charge in [-0.1, -0.05) is 43.7 Å². The smallest absolute Gasteiger partial charge is 0.119 e. The van der Waals surface area contributed by atoms with Gasteiger partial charge in [0.1, 0.15) is 18.1 Å². The van der Waals surface area contributed by atoms with Gasteiger partial charge in [0.25, 0.3) is 0 Å². The number of rotatable bonds is 7. The average molecular weight is 256 g/mol. The molecule has 100 valence electrons. The van der Waals surface area contributed by atoms with Crippen molar-refractivity contribution >= 4 is 0 Å². The molecule has 0 unspecified atom stereocenters. The van der Waals surface area contributed by atoms with Gasteiger partial charge in [0.2, 0.25) is 0 Å². The highest BCUT2D eigenvalue weighted by atomic mass is 16.5. The lowest BCUT2D eigenvalue weighted by Crippen LogP contribution is -1.98. The quantitative estimate of drug-likeness (QED) is 0.682. The monoisotopic (exact) mass is 256 g/mol. The third-order valence-corrected chi connectivity index (χ3v) is 2.84. The van der Waals surface area contributed by atoms with Crippen LogP contribution < -0.4 is 9.47 Å². The maximum atomic E-state index is 5.69. The number of hydrogen-bond acceptors (Lipinski definition) is 2. The lowest BCUT2D eigenvalue weighted by atomic mass is 10.2. The summed E-state index contributed by atoms with van der Waals surface area (Å²) in [6.45, 7) is 3.53. The zero-order chi connectivity index (χ0) is 13.3. The summed E-state index contributed by atoms with van der Waals surface area (Å²) in [6.07, 6.45) is 2.25. The molecule has 0 heterocycles. The van der Waals surface area contributed by atoms with Crippen LogP contribution >= 0.6 is 0 Å². The molecule has 19 heavy (non-hydrogen) atoms. The summed E-state index contributed by atoms with van der Waals surface area (Å²) < 4.78 is 11.3. The van der Waals surface area contributed by atoms with Crippen LogP contribution in [0.1, 0.15) is 25.3 Å². The molecule has 0 aliphatic carbocycles. The molecule has 2 aromatic rings. The molecule has 2 aromatic carbocycles. The molecule has 0 fully saturated rings. The standard InChI is InChI=1S/C17H20O2/c1-2-3-13-18-17-11-9-15(10-12-17)14-19-16-7-5-4-6-8-16/h4-12H,2-3,13-14H2,1H3. The Labute approximate surface area is 115 Å². The van der Waals surface area contributed by atoms with Crippen molar-refractivity contribution in [2.75, 3.05) is 6.61 Å². The summed E-state index contributed by atoms with van der Waals surface area (Å²) in [5.74, 6) is 1.82. The largest absolute Gasteiger partial charge is 0.494 e. The predicted octanol–water partition coefficient (Wildman–Crippen LogP) is 4.44. The molecule has 0 amide bonds. The van der Waals surface area contributed by atoms with Gasteiger partial charge in [-0.05, 0) is 36.2 Å². The minimum atomic E-state index is 0.583. The van der Waals surface area contributed by atoms with E-state index < -0.39 is 0 Å². The minimum absolute atomic E-state index is 0.583. The van der Waals surface area contributed by atoms with Crippen molar-refractivity contribution in [1.82, 2.24) is 0 Å². The van der Waals surface area contributed by atoms with Crippen LogP contribution in [0, 0.1) is 0 Å². The summed E-state index contributed by atoms with van der Waals surface area (Å²) in [4.78, 5) is 0. The Morgan fingerprint density at radius 3 is 2.16 bits per heavy atom. The van der Waals surface area contributed by atoms with Crippen LogP contribution in [0.25, 0.3) is 0 Å². The molecule has 0 saturated carbocycles. The fraction of sp³-hybridized carbons (Fsp3) is 0.294. The Kier molecular flexibility index (Phi) is 5.30. The maximum absolute atomic E-state index is 5.69. The first-order valence-corrected chi connectivity index (χ1v) is 6.78. The van der Waals surface area contributed by atoms with E-state index in [1.165, 1.54) is 0 Å². The summed E-state index contributed by atoms with van der Waals surface area (Å²) in [5.41, 5.74) is 1.15. The molecule has 0 aromatic heterocycles. The van der Waals surface area contributed by atoms with Crippen LogP contribution in [0.15, 0.2) is 54.6 Å². The van der Waals surface area contributed by atoms with E-state index >= 15 is 0 Å². The van der Waals surface area contributed by atoms with E-state index in [0.717, 1.165) is 36.5 Å². The lowest BCUT2D eigenvalue weighted by molar-refractivity contribution is 0.302. The van der Waals surface area contributed by atoms with Crippen LogP contribution in [0.4, 0.5) is 0 Å². The molecular formula is C17H20O2. The van der Waals surface area contributed by atoms with Crippen LogP contribution in [-0.4, -0.2) is 6.61 Å². The van der Waals surface area contributed by atoms with Gasteiger partial charge in [0.05, 0.1) is 6.61 Å². The minimum Gasteiger partial charge on any atom is -0.494 e. The molecule has 2 heteroatoms. The van der Waals surface area contributed by atoms with Crippen molar-refractivity contribution in [2.45, 2.75) is 26.4 Å². The first kappa shape index (κ1) is 13.5. The molecule has 2 nitrogen and oxygen atoms in total. The van der Waals surface area contributed by atoms with Gasteiger partial charge >= 0.3 is 0 Å². The van der Waals surface area contributed by atoms with Crippen LogP contribution in [0.3, 0.4) is 0 Å². The Morgan fingerprint density at radius 2 is 1.47 bits per heavy atom. The van der Waals surface area contributed by atoms with Crippen molar-refractivity contribution < 1.29 is 9.47 Å². The molecule has 0 spiro atoms. The number of hydrogen-bond donors (Lipinski definition) is 0. The van der Waals surface area contributed by atoms with Crippen LogP contribution in [-0.2, 0) is 6.61 Å². The van der Waals surface area contributed by atoms with Gasteiger partial charge in [-0.2, -0.15) is 0 Å². The van der Waals surface area contributed by atoms with Gasteiger partial charge in [-0.3, -0.25) is 0 Å². The fourth-order valence-electron chi connectivity index (χ4n) is 1.70. The van der Waals surface area contributed by atoms with E-state index in [2.05, 4.69) is 6.92 Å². The van der Waals surface area contributed by atoms with E-state index in [1.54, 1.807) is 0 Å². The van der Waals surface area contributed by atoms with Crippen LogP contribution in [0.5, 0.6) is 11.5 Å². The third kappa shape index (κ3) is 4.66. The zero-order valence-corrected chi connectivity index (χ0v) is 11.3. The topological polar surface area (TPSA) is 18.5 Å². The van der Waals surface area contributed by atoms with Crippen molar-refractivity contribution in [2.24, 2.45) is 0 Å². The van der Waals surface area contributed by atoms with Gasteiger partial charge in [-0.25, -0.2) is 0 Å². The third-order valence-electron chi connectivity index (χ3n) is 2.84. The van der Waals surface area contributed by atoms with Gasteiger partial charge < -0.3 is 9.47 Å². The molecule has 0 bridgehead atoms. The molecule has 0 saturated heterocycles. The Hall–Kier alpha value is -1.96. The van der Waals surface area contributed by atoms with Crippen LogP contribution in [0.2, 0.25) is 0 Å². The highest BCUT2D eigenvalue weighted by Gasteiger charge is 1.97. The Balaban J connectivity index is 1.81. The highest BCUT2D eigenvalue weighted by molar-refractivity contribution is 5.28. The number of para-hydroxylation sites is 1. The molecule has 0 aliphatic rings. The Morgan fingerprint density at radius 1 is 0.789 bits per heavy atom. The number of benzene rings is 2. The van der Waals surface area contributed by atoms with E-state index in [-0.39, 0.29) is 0 Å². The lowest BCUT2D eigenvalue weighted by Gasteiger charge is -2.08. The average Bonchev–Trinajstić information content (AvgIpc) is 2.48. The first-order valence-electron chi connectivity index (χ1n) is 6.78.